The molecular weight excluding hydrogens is 663 g/mol. The number of nitrogens with two attached hydrogens (primary N) is 1. The average Bonchev–Trinajstić information content (AvgIpc) is 3.10. The maximum atomic E-state index is 12.8. The van der Waals surface area contributed by atoms with Gasteiger partial charge in [-0.3, -0.25) is 13.8 Å². The lowest BCUT2D eigenvalue weighted by Gasteiger charge is -2.25. The number of aliphatic hydroxyl groups excluding tert-OH is 2. The summed E-state index contributed by atoms with van der Waals surface area (Å²) in [6.07, 6.45) is 38.0. The van der Waals surface area contributed by atoms with Crippen molar-refractivity contribution in [3.63, 3.8) is 0 Å². The van der Waals surface area contributed by atoms with Crippen LogP contribution in [0, 0.1) is 0 Å². The molecule has 0 aromatic heterocycles. The van der Waals surface area contributed by atoms with Gasteiger partial charge < -0.3 is 26.2 Å². The van der Waals surface area contributed by atoms with Crippen molar-refractivity contribution in [3.05, 3.63) is 24.3 Å². The fourth-order valence-electron chi connectivity index (χ4n) is 6.22. The van der Waals surface area contributed by atoms with E-state index >= 15 is 0 Å². The van der Waals surface area contributed by atoms with Crippen molar-refractivity contribution in [1.82, 2.24) is 5.32 Å². The lowest BCUT2D eigenvalue weighted by molar-refractivity contribution is -0.125. The highest BCUT2D eigenvalue weighted by atomic mass is 31.2. The molecule has 0 aliphatic carbocycles. The fraction of sp³-hybridized carbons (Fsp3) is 0.878. The van der Waals surface area contributed by atoms with Crippen LogP contribution < -0.4 is 11.1 Å². The SMILES string of the molecule is CC/C=C\C/C=C\CCCCCCCCCCCCCCC(O)CC(=O)NC(COP(=O)(O)OCCN)C(O)CCCCCCCCCCCC. The molecule has 10 heteroatoms. The number of hydrogen-bond acceptors (Lipinski definition) is 7. The number of hydrogen-bond donors (Lipinski definition) is 5. The Morgan fingerprint density at radius 3 is 1.71 bits per heavy atom. The summed E-state index contributed by atoms with van der Waals surface area (Å²) in [7, 11) is -4.37. The lowest BCUT2D eigenvalue weighted by Crippen LogP contribution is -2.47. The van der Waals surface area contributed by atoms with Gasteiger partial charge in [0.1, 0.15) is 0 Å². The molecule has 4 atom stereocenters. The molecule has 51 heavy (non-hydrogen) atoms. The molecule has 0 aromatic rings. The molecule has 0 rings (SSSR count). The van der Waals surface area contributed by atoms with Crippen LogP contribution in [0.2, 0.25) is 0 Å². The van der Waals surface area contributed by atoms with E-state index in [0.717, 1.165) is 51.4 Å². The molecule has 0 radical (unpaired) electrons. The van der Waals surface area contributed by atoms with E-state index < -0.39 is 32.0 Å². The van der Waals surface area contributed by atoms with Crippen molar-refractivity contribution >= 4 is 13.7 Å². The predicted molar refractivity (Wildman–Crippen MR) is 214 cm³/mol. The van der Waals surface area contributed by atoms with Crippen LogP contribution >= 0.6 is 7.82 Å². The Kier molecular flexibility index (Phi) is 36.5. The number of carbonyl (C=O) groups excluding carboxylic acids is 1. The summed E-state index contributed by atoms with van der Waals surface area (Å²) in [5.74, 6) is -0.416. The second kappa shape index (κ2) is 37.3. The first kappa shape index (κ1) is 49.9. The standard InChI is InChI=1S/C41H81N2O7P/c1-3-5-7-9-11-13-15-16-17-18-19-20-21-22-23-24-26-28-30-32-38(44)36-41(46)43-39(37-50-51(47,48)49-35-34-42)40(45)33-31-29-27-25-14-12-10-8-6-4-2/h5,7,11,13,38-40,44-45H,3-4,6,8-10,12,14-37,42H2,1-2H3,(H,43,46)(H,47,48)/b7-5-,13-11-. The Balaban J connectivity index is 4.17. The predicted octanol–water partition coefficient (Wildman–Crippen LogP) is 10.4. The maximum absolute atomic E-state index is 12.8. The summed E-state index contributed by atoms with van der Waals surface area (Å²) >= 11 is 0. The molecule has 0 spiro atoms. The number of allylic oxidation sites excluding steroid dienone is 4. The number of phosphoric ester groups is 1. The summed E-state index contributed by atoms with van der Waals surface area (Å²) in [6.45, 7) is 3.92. The van der Waals surface area contributed by atoms with Crippen LogP contribution in [0.3, 0.4) is 0 Å². The Labute approximate surface area is 313 Å². The maximum Gasteiger partial charge on any atom is 0.472 e. The summed E-state index contributed by atoms with van der Waals surface area (Å²) < 4.78 is 22.1. The molecule has 9 nitrogen and oxygen atoms in total. The molecule has 0 aromatic carbocycles. The van der Waals surface area contributed by atoms with E-state index in [1.807, 2.05) is 0 Å². The van der Waals surface area contributed by atoms with Gasteiger partial charge in [0.15, 0.2) is 0 Å². The van der Waals surface area contributed by atoms with Gasteiger partial charge in [0.25, 0.3) is 0 Å². The van der Waals surface area contributed by atoms with Gasteiger partial charge in [-0.1, -0.05) is 173 Å². The Morgan fingerprint density at radius 2 is 1.18 bits per heavy atom. The van der Waals surface area contributed by atoms with Crippen LogP contribution in [0.5, 0.6) is 0 Å². The minimum Gasteiger partial charge on any atom is -0.393 e. The molecule has 302 valence electrons. The van der Waals surface area contributed by atoms with Crippen molar-refractivity contribution < 1.29 is 33.5 Å². The van der Waals surface area contributed by atoms with Crippen LogP contribution in [0.25, 0.3) is 0 Å². The van der Waals surface area contributed by atoms with E-state index in [4.69, 9.17) is 14.8 Å². The van der Waals surface area contributed by atoms with Crippen LogP contribution in [0.15, 0.2) is 24.3 Å². The number of unbranched alkanes of at least 4 members (excludes halogenated alkanes) is 21. The monoisotopic (exact) mass is 745 g/mol. The first-order valence-electron chi connectivity index (χ1n) is 21.0. The molecule has 0 aliphatic heterocycles. The lowest BCUT2D eigenvalue weighted by atomic mass is 10.0. The van der Waals surface area contributed by atoms with Gasteiger partial charge in [-0.05, 0) is 38.5 Å². The van der Waals surface area contributed by atoms with Gasteiger partial charge in [0.2, 0.25) is 5.91 Å². The van der Waals surface area contributed by atoms with Gasteiger partial charge in [0, 0.05) is 6.54 Å². The molecule has 0 fully saturated rings. The molecule has 0 aliphatic rings. The molecule has 0 saturated carbocycles. The third-order valence-corrected chi connectivity index (χ3v) is 10.4. The highest BCUT2D eigenvalue weighted by molar-refractivity contribution is 7.47. The van der Waals surface area contributed by atoms with Gasteiger partial charge >= 0.3 is 7.82 Å². The van der Waals surface area contributed by atoms with Crippen LogP contribution in [0.1, 0.15) is 194 Å². The van der Waals surface area contributed by atoms with Gasteiger partial charge in [0.05, 0.1) is 37.9 Å². The van der Waals surface area contributed by atoms with E-state index in [-0.39, 0.29) is 26.2 Å². The number of rotatable bonds is 39. The molecule has 6 N–H and O–H groups in total. The third-order valence-electron chi connectivity index (χ3n) is 9.37. The summed E-state index contributed by atoms with van der Waals surface area (Å²) in [5.41, 5.74) is 5.35. The number of phosphoric acid groups is 1. The summed E-state index contributed by atoms with van der Waals surface area (Å²) in [6, 6.07) is -0.893. The van der Waals surface area contributed by atoms with Crippen LogP contribution in [0.4, 0.5) is 0 Å². The molecule has 0 heterocycles. The first-order valence-corrected chi connectivity index (χ1v) is 22.5. The quantitative estimate of drug-likeness (QED) is 0.0237. The molecule has 0 bridgehead atoms. The summed E-state index contributed by atoms with van der Waals surface area (Å²) in [4.78, 5) is 22.7. The Bertz CT molecular complexity index is 873. The van der Waals surface area contributed by atoms with Gasteiger partial charge in [-0.15, -0.1) is 0 Å². The zero-order chi connectivity index (χ0) is 37.7. The summed E-state index contributed by atoms with van der Waals surface area (Å²) in [5, 5.41) is 24.1. The Morgan fingerprint density at radius 1 is 0.686 bits per heavy atom. The van der Waals surface area contributed by atoms with E-state index in [1.54, 1.807) is 0 Å². The van der Waals surface area contributed by atoms with Gasteiger partial charge in [-0.2, -0.15) is 0 Å². The van der Waals surface area contributed by atoms with Crippen molar-refractivity contribution in [3.8, 4) is 0 Å². The smallest absolute Gasteiger partial charge is 0.393 e. The highest BCUT2D eigenvalue weighted by Gasteiger charge is 2.28. The zero-order valence-corrected chi connectivity index (χ0v) is 33.9. The van der Waals surface area contributed by atoms with Crippen molar-refractivity contribution in [2.24, 2.45) is 5.73 Å². The second-order valence-corrected chi connectivity index (χ2v) is 15.8. The van der Waals surface area contributed by atoms with Gasteiger partial charge in [-0.25, -0.2) is 4.57 Å². The first-order chi connectivity index (χ1) is 24.8. The van der Waals surface area contributed by atoms with Crippen LogP contribution in [-0.2, 0) is 18.4 Å². The fourth-order valence-corrected chi connectivity index (χ4v) is 6.98. The number of carbonyl (C=O) groups is 1. The Hall–Kier alpha value is -1.06. The minimum atomic E-state index is -4.37. The topological polar surface area (TPSA) is 151 Å². The third kappa shape index (κ3) is 35.7. The van der Waals surface area contributed by atoms with E-state index in [1.165, 1.54) is 109 Å². The second-order valence-electron chi connectivity index (χ2n) is 14.4. The average molecular weight is 745 g/mol. The zero-order valence-electron chi connectivity index (χ0n) is 33.0. The van der Waals surface area contributed by atoms with E-state index in [0.29, 0.717) is 12.8 Å². The number of amides is 1. The molecule has 4 unspecified atom stereocenters. The van der Waals surface area contributed by atoms with Crippen molar-refractivity contribution in [2.75, 3.05) is 19.8 Å². The van der Waals surface area contributed by atoms with Crippen molar-refractivity contribution in [2.45, 2.75) is 212 Å². The van der Waals surface area contributed by atoms with Crippen LogP contribution in [-0.4, -0.2) is 59.0 Å². The normalized spacial score (nSPS) is 15.0. The molecule has 1 amide bonds. The largest absolute Gasteiger partial charge is 0.472 e. The van der Waals surface area contributed by atoms with E-state index in [2.05, 4.69) is 43.5 Å². The molecule has 0 saturated heterocycles. The van der Waals surface area contributed by atoms with E-state index in [9.17, 15) is 24.5 Å². The minimum absolute atomic E-state index is 0.0598. The number of aliphatic hydroxyl groups is 2. The van der Waals surface area contributed by atoms with Crippen molar-refractivity contribution in [1.29, 1.82) is 0 Å². The number of nitrogens with one attached hydrogen (secondary N) is 1. The highest BCUT2D eigenvalue weighted by Crippen LogP contribution is 2.43. The molecular formula is C41H81N2O7P.